The summed E-state index contributed by atoms with van der Waals surface area (Å²) in [5.74, 6) is -0.614. The highest BCUT2D eigenvalue weighted by atomic mass is 32.2. The van der Waals surface area contributed by atoms with Crippen LogP contribution in [0.15, 0.2) is 35.4 Å². The van der Waals surface area contributed by atoms with Gasteiger partial charge in [-0.15, -0.1) is 0 Å². The number of nitrogens with zero attached hydrogens (tertiary/aromatic N) is 2. The Labute approximate surface area is 122 Å². The van der Waals surface area contributed by atoms with E-state index in [1.165, 1.54) is 12.1 Å². The second kappa shape index (κ2) is 6.33. The maximum Gasteiger partial charge on any atom is 0.241 e. The van der Waals surface area contributed by atoms with E-state index in [0.29, 0.717) is 12.0 Å². The van der Waals surface area contributed by atoms with Gasteiger partial charge in [-0.3, -0.25) is 4.68 Å². The van der Waals surface area contributed by atoms with Crippen molar-refractivity contribution in [3.05, 3.63) is 47.5 Å². The Bertz CT molecular complexity index is 728. The molecule has 0 radical (unpaired) electrons. The van der Waals surface area contributed by atoms with Crippen LogP contribution in [0.4, 0.5) is 4.39 Å². The number of halogens is 1. The van der Waals surface area contributed by atoms with Gasteiger partial charge in [-0.2, -0.15) is 5.10 Å². The van der Waals surface area contributed by atoms with Crippen LogP contribution in [0.3, 0.4) is 0 Å². The first-order chi connectivity index (χ1) is 9.92. The smallest absolute Gasteiger partial charge is 0.241 e. The number of aromatic nitrogens is 2. The Morgan fingerprint density at radius 3 is 2.76 bits per heavy atom. The average molecular weight is 312 g/mol. The zero-order valence-electron chi connectivity index (χ0n) is 11.6. The van der Waals surface area contributed by atoms with Crippen LogP contribution in [-0.4, -0.2) is 24.7 Å². The van der Waals surface area contributed by atoms with Gasteiger partial charge in [-0.25, -0.2) is 17.5 Å². The third-order valence-electron chi connectivity index (χ3n) is 2.98. The Hall–Kier alpha value is -1.77. The van der Waals surface area contributed by atoms with Gasteiger partial charge in [0.2, 0.25) is 10.0 Å². The number of sulfonamides is 1. The number of hydrogen-bond donors (Lipinski definition) is 2. The summed E-state index contributed by atoms with van der Waals surface area (Å²) in [5, 5.41) is 4.15. The fourth-order valence-electron chi connectivity index (χ4n) is 1.93. The monoisotopic (exact) mass is 312 g/mol. The lowest BCUT2D eigenvalue weighted by Crippen LogP contribution is -2.27. The van der Waals surface area contributed by atoms with Crippen molar-refractivity contribution in [1.82, 2.24) is 14.5 Å². The number of nitrogens with one attached hydrogen (secondary N) is 1. The van der Waals surface area contributed by atoms with Crippen LogP contribution >= 0.6 is 0 Å². The van der Waals surface area contributed by atoms with Gasteiger partial charge in [0.15, 0.2) is 0 Å². The molecule has 0 saturated carbocycles. The molecule has 1 heterocycles. The van der Waals surface area contributed by atoms with Gasteiger partial charge in [0.05, 0.1) is 10.6 Å². The molecular weight excluding hydrogens is 295 g/mol. The molecule has 8 heteroatoms. The summed E-state index contributed by atoms with van der Waals surface area (Å²) in [7, 11) is -2.01. The lowest BCUT2D eigenvalue weighted by molar-refractivity contribution is 0.575. The van der Waals surface area contributed by atoms with Crippen molar-refractivity contribution in [3.63, 3.8) is 0 Å². The van der Waals surface area contributed by atoms with Crippen LogP contribution < -0.4 is 10.5 Å². The van der Waals surface area contributed by atoms with Crippen LogP contribution in [0.5, 0.6) is 0 Å². The highest BCUT2D eigenvalue weighted by Crippen LogP contribution is 2.16. The fourth-order valence-corrected chi connectivity index (χ4v) is 3.23. The molecule has 0 atom stereocenters. The standard InChI is InChI=1S/C13H17FN4O2S/c1-18-7-5-12(17-18)4-6-16-21(19,20)13-8-11(14)3-2-10(13)9-15/h2-3,5,7-8,16H,4,6,9,15H2,1H3. The maximum atomic E-state index is 13.3. The van der Waals surface area contributed by atoms with Crippen molar-refractivity contribution in [2.75, 3.05) is 6.54 Å². The Morgan fingerprint density at radius 1 is 1.38 bits per heavy atom. The van der Waals surface area contributed by atoms with Gasteiger partial charge < -0.3 is 5.73 Å². The summed E-state index contributed by atoms with van der Waals surface area (Å²) in [4.78, 5) is -0.119. The average Bonchev–Trinajstić information content (AvgIpc) is 2.84. The Balaban J connectivity index is 2.09. The number of aryl methyl sites for hydroxylation is 1. The van der Waals surface area contributed by atoms with Gasteiger partial charge in [-0.05, 0) is 23.8 Å². The van der Waals surface area contributed by atoms with Gasteiger partial charge in [0, 0.05) is 32.8 Å². The zero-order chi connectivity index (χ0) is 15.5. The number of benzene rings is 1. The highest BCUT2D eigenvalue weighted by molar-refractivity contribution is 7.89. The van der Waals surface area contributed by atoms with Crippen LogP contribution in [0.2, 0.25) is 0 Å². The molecule has 0 spiro atoms. The number of rotatable bonds is 6. The second-order valence-electron chi connectivity index (χ2n) is 4.58. The van der Waals surface area contributed by atoms with Crippen molar-refractivity contribution in [2.24, 2.45) is 12.8 Å². The molecule has 2 rings (SSSR count). The van der Waals surface area contributed by atoms with Crippen molar-refractivity contribution in [2.45, 2.75) is 17.9 Å². The first kappa shape index (κ1) is 15.6. The van der Waals surface area contributed by atoms with Crippen LogP contribution in [-0.2, 0) is 30.0 Å². The summed E-state index contributed by atoms with van der Waals surface area (Å²) < 4.78 is 41.7. The van der Waals surface area contributed by atoms with Gasteiger partial charge in [-0.1, -0.05) is 6.07 Å². The normalized spacial score (nSPS) is 11.8. The predicted molar refractivity (Wildman–Crippen MR) is 76.4 cm³/mol. The van der Waals surface area contributed by atoms with Crippen molar-refractivity contribution >= 4 is 10.0 Å². The largest absolute Gasteiger partial charge is 0.326 e. The first-order valence-electron chi connectivity index (χ1n) is 6.39. The minimum atomic E-state index is -3.79. The third kappa shape index (κ3) is 3.87. The van der Waals surface area contributed by atoms with Crippen LogP contribution in [0.25, 0.3) is 0 Å². The molecule has 0 aliphatic heterocycles. The molecule has 0 aliphatic rings. The SMILES string of the molecule is Cn1ccc(CCNS(=O)(=O)c2cc(F)ccc2CN)n1. The molecule has 3 N–H and O–H groups in total. The van der Waals surface area contributed by atoms with Gasteiger partial charge in [0.25, 0.3) is 0 Å². The lowest BCUT2D eigenvalue weighted by atomic mass is 10.2. The van der Waals surface area contributed by atoms with E-state index >= 15 is 0 Å². The van der Waals surface area contributed by atoms with Crippen LogP contribution in [0.1, 0.15) is 11.3 Å². The quantitative estimate of drug-likeness (QED) is 0.814. The Kier molecular flexibility index (Phi) is 4.71. The van der Waals surface area contributed by atoms with E-state index in [0.717, 1.165) is 11.8 Å². The fraction of sp³-hybridized carbons (Fsp3) is 0.308. The van der Waals surface area contributed by atoms with E-state index < -0.39 is 15.8 Å². The van der Waals surface area contributed by atoms with Crippen LogP contribution in [0, 0.1) is 5.82 Å². The van der Waals surface area contributed by atoms with E-state index in [9.17, 15) is 12.8 Å². The molecule has 114 valence electrons. The van der Waals surface area contributed by atoms with E-state index in [1.54, 1.807) is 17.9 Å². The molecule has 0 amide bonds. The molecule has 0 bridgehead atoms. The maximum absolute atomic E-state index is 13.3. The van der Waals surface area contributed by atoms with E-state index in [2.05, 4.69) is 9.82 Å². The molecule has 6 nitrogen and oxygen atoms in total. The predicted octanol–water partition coefficient (Wildman–Crippen LogP) is 0.539. The molecule has 2 aromatic rings. The van der Waals surface area contributed by atoms with E-state index in [-0.39, 0.29) is 18.0 Å². The Morgan fingerprint density at radius 2 is 2.14 bits per heavy atom. The minimum absolute atomic E-state index is 0.0246. The molecule has 1 aromatic heterocycles. The molecule has 21 heavy (non-hydrogen) atoms. The molecule has 0 fully saturated rings. The summed E-state index contributed by atoms with van der Waals surface area (Å²) in [6.45, 7) is 0.205. The second-order valence-corrected chi connectivity index (χ2v) is 6.32. The van der Waals surface area contributed by atoms with Crippen molar-refractivity contribution in [3.8, 4) is 0 Å². The van der Waals surface area contributed by atoms with Gasteiger partial charge in [0.1, 0.15) is 5.82 Å². The molecule has 1 aromatic carbocycles. The molecular formula is C13H17FN4O2S. The highest BCUT2D eigenvalue weighted by Gasteiger charge is 2.18. The molecule has 0 unspecified atom stereocenters. The summed E-state index contributed by atoms with van der Waals surface area (Å²) in [6.07, 6.45) is 2.23. The summed E-state index contributed by atoms with van der Waals surface area (Å²) in [5.41, 5.74) is 6.65. The van der Waals surface area contributed by atoms with E-state index in [1.807, 2.05) is 6.07 Å². The molecule has 0 aliphatic carbocycles. The summed E-state index contributed by atoms with van der Waals surface area (Å²) in [6, 6.07) is 5.35. The summed E-state index contributed by atoms with van der Waals surface area (Å²) >= 11 is 0. The van der Waals surface area contributed by atoms with Crippen molar-refractivity contribution < 1.29 is 12.8 Å². The minimum Gasteiger partial charge on any atom is -0.326 e. The first-order valence-corrected chi connectivity index (χ1v) is 7.87. The van der Waals surface area contributed by atoms with E-state index in [4.69, 9.17) is 5.73 Å². The number of nitrogens with two attached hydrogens (primary N) is 1. The third-order valence-corrected chi connectivity index (χ3v) is 4.52. The van der Waals surface area contributed by atoms with Crippen molar-refractivity contribution in [1.29, 1.82) is 0 Å². The lowest BCUT2D eigenvalue weighted by Gasteiger charge is -2.10. The topological polar surface area (TPSA) is 90.0 Å². The molecule has 0 saturated heterocycles. The zero-order valence-corrected chi connectivity index (χ0v) is 12.4. The number of hydrogen-bond acceptors (Lipinski definition) is 4. The van der Waals surface area contributed by atoms with Gasteiger partial charge >= 0.3 is 0 Å².